The lowest BCUT2D eigenvalue weighted by molar-refractivity contribution is 0.0254. The fraction of sp³-hybridized carbons (Fsp3) is 1.00. The standard InChI is InChI=1S/C9H19NO2/c1-8-7-10(5-6-12-2)4-3-9(8)11/h8-9,11H,3-7H2,1-2H3/t8-,9-/m1/s1. The summed E-state index contributed by atoms with van der Waals surface area (Å²) in [5.41, 5.74) is 0. The van der Waals surface area contributed by atoms with E-state index in [1.165, 1.54) is 0 Å². The lowest BCUT2D eigenvalue weighted by atomic mass is 9.97. The van der Waals surface area contributed by atoms with Gasteiger partial charge in [0.15, 0.2) is 0 Å². The summed E-state index contributed by atoms with van der Waals surface area (Å²) in [6.07, 6.45) is 0.814. The number of rotatable bonds is 3. The van der Waals surface area contributed by atoms with Crippen molar-refractivity contribution in [2.75, 3.05) is 33.4 Å². The van der Waals surface area contributed by atoms with Gasteiger partial charge in [-0.25, -0.2) is 0 Å². The van der Waals surface area contributed by atoms with Gasteiger partial charge in [-0.2, -0.15) is 0 Å². The molecule has 1 fully saturated rings. The number of ether oxygens (including phenoxy) is 1. The summed E-state index contributed by atoms with van der Waals surface area (Å²) in [6, 6.07) is 0. The van der Waals surface area contributed by atoms with Crippen LogP contribution in [0.25, 0.3) is 0 Å². The van der Waals surface area contributed by atoms with Crippen molar-refractivity contribution in [3.8, 4) is 0 Å². The van der Waals surface area contributed by atoms with Crippen LogP contribution in [0.2, 0.25) is 0 Å². The molecule has 1 rings (SSSR count). The minimum absolute atomic E-state index is 0.0937. The van der Waals surface area contributed by atoms with Crippen molar-refractivity contribution in [2.45, 2.75) is 19.4 Å². The molecule has 1 aliphatic heterocycles. The van der Waals surface area contributed by atoms with Crippen molar-refractivity contribution in [1.82, 2.24) is 4.90 Å². The Morgan fingerprint density at radius 2 is 2.33 bits per heavy atom. The van der Waals surface area contributed by atoms with Gasteiger partial charge in [0, 0.05) is 26.7 Å². The van der Waals surface area contributed by atoms with Crippen LogP contribution in [-0.2, 0) is 4.74 Å². The van der Waals surface area contributed by atoms with Gasteiger partial charge in [0.05, 0.1) is 12.7 Å². The Hall–Kier alpha value is -0.120. The van der Waals surface area contributed by atoms with Crippen LogP contribution in [0.1, 0.15) is 13.3 Å². The second kappa shape index (κ2) is 4.80. The van der Waals surface area contributed by atoms with E-state index in [4.69, 9.17) is 4.74 Å². The first kappa shape index (κ1) is 9.96. The summed E-state index contributed by atoms with van der Waals surface area (Å²) in [5, 5.41) is 9.46. The minimum Gasteiger partial charge on any atom is -0.393 e. The fourth-order valence-electron chi connectivity index (χ4n) is 1.64. The Morgan fingerprint density at radius 3 is 2.92 bits per heavy atom. The van der Waals surface area contributed by atoms with Crippen LogP contribution >= 0.6 is 0 Å². The van der Waals surface area contributed by atoms with E-state index in [1.54, 1.807) is 7.11 Å². The highest BCUT2D eigenvalue weighted by Crippen LogP contribution is 2.15. The van der Waals surface area contributed by atoms with E-state index in [0.717, 1.165) is 32.7 Å². The molecule has 1 N–H and O–H groups in total. The number of aliphatic hydroxyl groups is 1. The van der Waals surface area contributed by atoms with E-state index in [0.29, 0.717) is 5.92 Å². The molecule has 0 radical (unpaired) electrons. The SMILES string of the molecule is COCCN1CC[C@@H](O)[C@H](C)C1. The molecule has 3 heteroatoms. The second-order valence-corrected chi connectivity index (χ2v) is 3.63. The van der Waals surface area contributed by atoms with Gasteiger partial charge in [-0.05, 0) is 12.3 Å². The Labute approximate surface area is 74.3 Å². The van der Waals surface area contributed by atoms with Crippen LogP contribution in [0.3, 0.4) is 0 Å². The molecule has 1 saturated heterocycles. The van der Waals surface area contributed by atoms with Gasteiger partial charge < -0.3 is 14.7 Å². The van der Waals surface area contributed by atoms with Gasteiger partial charge in [0.1, 0.15) is 0 Å². The van der Waals surface area contributed by atoms with E-state index in [1.807, 2.05) is 0 Å². The molecule has 12 heavy (non-hydrogen) atoms. The van der Waals surface area contributed by atoms with E-state index in [9.17, 15) is 5.11 Å². The van der Waals surface area contributed by atoms with E-state index < -0.39 is 0 Å². The molecule has 0 aromatic rings. The largest absolute Gasteiger partial charge is 0.393 e. The summed E-state index contributed by atoms with van der Waals surface area (Å²) in [6.45, 7) is 5.90. The number of nitrogens with zero attached hydrogens (tertiary/aromatic N) is 1. The number of likely N-dealkylation sites (tertiary alicyclic amines) is 1. The van der Waals surface area contributed by atoms with Gasteiger partial charge >= 0.3 is 0 Å². The van der Waals surface area contributed by atoms with Crippen LogP contribution in [-0.4, -0.2) is 49.5 Å². The van der Waals surface area contributed by atoms with Crippen LogP contribution in [0.4, 0.5) is 0 Å². The first-order valence-corrected chi connectivity index (χ1v) is 4.63. The molecule has 0 amide bonds. The Bertz CT molecular complexity index is 128. The summed E-state index contributed by atoms with van der Waals surface area (Å²) in [5.74, 6) is 0.413. The zero-order chi connectivity index (χ0) is 8.97. The molecule has 0 aromatic heterocycles. The molecule has 0 aromatic carbocycles. The minimum atomic E-state index is -0.0937. The summed E-state index contributed by atoms with van der Waals surface area (Å²) < 4.78 is 5.00. The molecule has 0 saturated carbocycles. The molecule has 0 unspecified atom stereocenters. The Balaban J connectivity index is 2.21. The van der Waals surface area contributed by atoms with Crippen LogP contribution in [0, 0.1) is 5.92 Å². The molecule has 2 atom stereocenters. The summed E-state index contributed by atoms with van der Waals surface area (Å²) in [7, 11) is 1.72. The van der Waals surface area contributed by atoms with E-state index in [2.05, 4.69) is 11.8 Å². The number of aliphatic hydroxyl groups excluding tert-OH is 1. The van der Waals surface area contributed by atoms with Crippen molar-refractivity contribution >= 4 is 0 Å². The van der Waals surface area contributed by atoms with Crippen molar-refractivity contribution in [3.63, 3.8) is 0 Å². The first-order valence-electron chi connectivity index (χ1n) is 4.63. The average molecular weight is 173 g/mol. The topological polar surface area (TPSA) is 32.7 Å². The molecular formula is C9H19NO2. The predicted molar refractivity (Wildman–Crippen MR) is 48.1 cm³/mol. The molecule has 0 bridgehead atoms. The third-order valence-electron chi connectivity index (χ3n) is 2.56. The number of piperidine rings is 1. The average Bonchev–Trinajstić information content (AvgIpc) is 2.07. The van der Waals surface area contributed by atoms with Crippen molar-refractivity contribution < 1.29 is 9.84 Å². The molecule has 3 nitrogen and oxygen atoms in total. The van der Waals surface area contributed by atoms with Gasteiger partial charge in [-0.3, -0.25) is 0 Å². The highest BCUT2D eigenvalue weighted by Gasteiger charge is 2.23. The molecular weight excluding hydrogens is 154 g/mol. The predicted octanol–water partition coefficient (Wildman–Crippen LogP) is 0.335. The quantitative estimate of drug-likeness (QED) is 0.668. The number of hydrogen-bond acceptors (Lipinski definition) is 3. The van der Waals surface area contributed by atoms with Gasteiger partial charge in [0.25, 0.3) is 0 Å². The fourth-order valence-corrected chi connectivity index (χ4v) is 1.64. The zero-order valence-electron chi connectivity index (χ0n) is 7.99. The van der Waals surface area contributed by atoms with E-state index >= 15 is 0 Å². The van der Waals surface area contributed by atoms with E-state index in [-0.39, 0.29) is 6.10 Å². The second-order valence-electron chi connectivity index (χ2n) is 3.63. The lowest BCUT2D eigenvalue weighted by Gasteiger charge is -2.34. The number of methoxy groups -OCH3 is 1. The molecule has 72 valence electrons. The highest BCUT2D eigenvalue weighted by molar-refractivity contribution is 4.76. The third-order valence-corrected chi connectivity index (χ3v) is 2.56. The highest BCUT2D eigenvalue weighted by atomic mass is 16.5. The number of hydrogen-bond donors (Lipinski definition) is 1. The monoisotopic (exact) mass is 173 g/mol. The van der Waals surface area contributed by atoms with Gasteiger partial charge in [-0.15, -0.1) is 0 Å². The van der Waals surface area contributed by atoms with Gasteiger partial charge in [-0.1, -0.05) is 6.92 Å². The molecule has 0 aliphatic carbocycles. The molecule has 1 aliphatic rings. The Morgan fingerprint density at radius 1 is 1.58 bits per heavy atom. The van der Waals surface area contributed by atoms with Crippen LogP contribution < -0.4 is 0 Å². The maximum atomic E-state index is 9.46. The lowest BCUT2D eigenvalue weighted by Crippen LogP contribution is -2.43. The van der Waals surface area contributed by atoms with Gasteiger partial charge in [0.2, 0.25) is 0 Å². The van der Waals surface area contributed by atoms with Crippen molar-refractivity contribution in [3.05, 3.63) is 0 Å². The first-order chi connectivity index (χ1) is 5.74. The van der Waals surface area contributed by atoms with Crippen molar-refractivity contribution in [2.24, 2.45) is 5.92 Å². The van der Waals surface area contributed by atoms with Crippen LogP contribution in [0.15, 0.2) is 0 Å². The maximum absolute atomic E-state index is 9.46. The zero-order valence-corrected chi connectivity index (χ0v) is 7.99. The summed E-state index contributed by atoms with van der Waals surface area (Å²) >= 11 is 0. The summed E-state index contributed by atoms with van der Waals surface area (Å²) in [4.78, 5) is 2.35. The molecule has 0 spiro atoms. The Kier molecular flexibility index (Phi) is 3.98. The smallest absolute Gasteiger partial charge is 0.0590 e. The molecule has 1 heterocycles. The third kappa shape index (κ3) is 2.73. The maximum Gasteiger partial charge on any atom is 0.0590 e. The van der Waals surface area contributed by atoms with Crippen molar-refractivity contribution in [1.29, 1.82) is 0 Å². The van der Waals surface area contributed by atoms with Crippen LogP contribution in [0.5, 0.6) is 0 Å². The normalized spacial score (nSPS) is 32.2.